The second-order valence-corrected chi connectivity index (χ2v) is 8.94. The molecule has 0 fully saturated rings. The smallest absolute Gasteiger partial charge is 0.271 e. The van der Waals surface area contributed by atoms with Gasteiger partial charge in [0, 0.05) is 12.7 Å². The van der Waals surface area contributed by atoms with Crippen LogP contribution in [0.25, 0.3) is 0 Å². The molecule has 0 unspecified atom stereocenters. The summed E-state index contributed by atoms with van der Waals surface area (Å²) in [6, 6.07) is 9.90. The summed E-state index contributed by atoms with van der Waals surface area (Å²) in [4.78, 5) is 12.1. The number of anilines is 1. The molecule has 1 amide bonds. The topological polar surface area (TPSA) is 109 Å². The van der Waals surface area contributed by atoms with Gasteiger partial charge in [-0.25, -0.2) is 8.42 Å². The molecule has 0 bridgehead atoms. The Morgan fingerprint density at radius 2 is 2.04 bits per heavy atom. The van der Waals surface area contributed by atoms with Crippen LogP contribution in [0.1, 0.15) is 11.4 Å². The first-order chi connectivity index (χ1) is 12.8. The minimum absolute atomic E-state index is 0.171. The van der Waals surface area contributed by atoms with E-state index >= 15 is 0 Å². The molecule has 3 aromatic rings. The fraction of sp³-hybridized carbons (Fsp3) is 0.188. The Balaban J connectivity index is 1.56. The van der Waals surface area contributed by atoms with Crippen LogP contribution in [0.2, 0.25) is 0 Å². The highest BCUT2D eigenvalue weighted by Crippen LogP contribution is 2.20. The third-order valence-corrected chi connectivity index (χ3v) is 6.89. The molecular weight excluding hydrogens is 406 g/mol. The molecule has 27 heavy (non-hydrogen) atoms. The fourth-order valence-electron chi connectivity index (χ4n) is 2.28. The van der Waals surface area contributed by atoms with Crippen molar-refractivity contribution in [2.75, 3.05) is 4.72 Å². The van der Waals surface area contributed by atoms with Crippen molar-refractivity contribution >= 4 is 45.2 Å². The molecule has 0 aliphatic carbocycles. The van der Waals surface area contributed by atoms with Crippen LogP contribution >= 0.6 is 23.6 Å². The normalized spacial score (nSPS) is 11.3. The predicted molar refractivity (Wildman–Crippen MR) is 106 cm³/mol. The highest BCUT2D eigenvalue weighted by atomic mass is 32.2. The molecule has 0 aliphatic rings. The summed E-state index contributed by atoms with van der Waals surface area (Å²) >= 11 is 6.17. The number of sulfonamides is 1. The maximum Gasteiger partial charge on any atom is 0.271 e. The van der Waals surface area contributed by atoms with E-state index in [-0.39, 0.29) is 23.1 Å². The Kier molecular flexibility index (Phi) is 5.73. The van der Waals surface area contributed by atoms with Crippen LogP contribution in [-0.4, -0.2) is 29.1 Å². The summed E-state index contributed by atoms with van der Waals surface area (Å²) < 4.78 is 29.3. The summed E-state index contributed by atoms with van der Waals surface area (Å²) in [5.74, 6) is 0.461. The lowest BCUT2D eigenvalue weighted by atomic mass is 10.1. The number of nitrogens with zero attached hydrogens (tertiary/aromatic N) is 2. The molecule has 2 heterocycles. The largest absolute Gasteiger partial charge is 0.349 e. The van der Waals surface area contributed by atoms with Crippen LogP contribution in [0, 0.1) is 4.77 Å². The van der Waals surface area contributed by atoms with Gasteiger partial charge < -0.3 is 9.88 Å². The van der Waals surface area contributed by atoms with Gasteiger partial charge in [0.1, 0.15) is 4.21 Å². The molecule has 142 valence electrons. The van der Waals surface area contributed by atoms with Crippen LogP contribution in [0.5, 0.6) is 0 Å². The predicted octanol–water partition coefficient (Wildman–Crippen LogP) is 2.20. The summed E-state index contributed by atoms with van der Waals surface area (Å²) in [5.41, 5.74) is 1.20. The van der Waals surface area contributed by atoms with Gasteiger partial charge in [0.25, 0.3) is 10.0 Å². The highest BCUT2D eigenvalue weighted by Gasteiger charge is 2.15. The van der Waals surface area contributed by atoms with Crippen molar-refractivity contribution in [1.82, 2.24) is 20.1 Å². The van der Waals surface area contributed by atoms with Crippen molar-refractivity contribution in [3.8, 4) is 0 Å². The summed E-state index contributed by atoms with van der Waals surface area (Å²) in [7, 11) is -1.81. The van der Waals surface area contributed by atoms with Crippen molar-refractivity contribution in [1.29, 1.82) is 0 Å². The third kappa shape index (κ3) is 4.81. The zero-order valence-electron chi connectivity index (χ0n) is 14.3. The maximum atomic E-state index is 12.2. The van der Waals surface area contributed by atoms with Gasteiger partial charge in [-0.1, -0.05) is 18.2 Å². The first kappa shape index (κ1) is 19.3. The molecule has 1 aromatic carbocycles. The molecule has 0 saturated carbocycles. The lowest BCUT2D eigenvalue weighted by molar-refractivity contribution is -0.120. The van der Waals surface area contributed by atoms with E-state index in [1.54, 1.807) is 53.4 Å². The van der Waals surface area contributed by atoms with Gasteiger partial charge in [-0.15, -0.1) is 11.3 Å². The first-order valence-electron chi connectivity index (χ1n) is 7.87. The molecule has 0 saturated heterocycles. The number of amides is 1. The van der Waals surface area contributed by atoms with E-state index in [2.05, 4.69) is 20.2 Å². The average Bonchev–Trinajstić information content (AvgIpc) is 3.27. The molecule has 3 rings (SSSR count). The van der Waals surface area contributed by atoms with Gasteiger partial charge in [-0.3, -0.25) is 14.6 Å². The van der Waals surface area contributed by atoms with Crippen molar-refractivity contribution in [2.45, 2.75) is 17.2 Å². The standard InChI is InChI=1S/C16H17N5O3S3/c1-21-13(18-19-16(21)25)10-17-14(22)9-11-4-6-12(7-5-11)20-27(23,24)15-3-2-8-26-15/h2-8,20H,9-10H2,1H3,(H,17,22)(H,19,25). The Labute approximate surface area is 165 Å². The second kappa shape index (κ2) is 8.03. The van der Waals surface area contributed by atoms with Crippen LogP contribution in [-0.2, 0) is 34.8 Å². The number of thiophene rings is 1. The fourth-order valence-corrected chi connectivity index (χ4v) is 4.48. The number of aromatic amines is 1. The number of H-pyrrole nitrogens is 1. The number of carbonyl (C=O) groups is 1. The van der Waals surface area contributed by atoms with Crippen LogP contribution in [0.3, 0.4) is 0 Å². The number of rotatable bonds is 7. The monoisotopic (exact) mass is 423 g/mol. The van der Waals surface area contributed by atoms with Crippen LogP contribution < -0.4 is 10.0 Å². The van der Waals surface area contributed by atoms with Gasteiger partial charge >= 0.3 is 0 Å². The molecule has 0 aliphatic heterocycles. The van der Waals surface area contributed by atoms with Crippen molar-refractivity contribution < 1.29 is 13.2 Å². The Bertz CT molecular complexity index is 1080. The molecular formula is C16H17N5O3S3. The van der Waals surface area contributed by atoms with E-state index in [1.807, 2.05) is 0 Å². The lowest BCUT2D eigenvalue weighted by Crippen LogP contribution is -2.26. The lowest BCUT2D eigenvalue weighted by Gasteiger charge is -2.08. The zero-order chi connectivity index (χ0) is 19.4. The first-order valence-corrected chi connectivity index (χ1v) is 10.6. The van der Waals surface area contributed by atoms with E-state index in [0.29, 0.717) is 16.3 Å². The van der Waals surface area contributed by atoms with E-state index in [1.165, 1.54) is 0 Å². The van der Waals surface area contributed by atoms with Gasteiger partial charge in [0.15, 0.2) is 10.6 Å². The maximum absolute atomic E-state index is 12.2. The van der Waals surface area contributed by atoms with Gasteiger partial charge in [0.05, 0.1) is 13.0 Å². The van der Waals surface area contributed by atoms with Crippen LogP contribution in [0.4, 0.5) is 5.69 Å². The Morgan fingerprint density at radius 3 is 2.63 bits per heavy atom. The number of nitrogens with one attached hydrogen (secondary N) is 3. The number of benzene rings is 1. The summed E-state index contributed by atoms with van der Waals surface area (Å²) in [6.07, 6.45) is 0.173. The number of hydrogen-bond donors (Lipinski definition) is 3. The average molecular weight is 424 g/mol. The molecule has 0 spiro atoms. The van der Waals surface area contributed by atoms with E-state index in [9.17, 15) is 13.2 Å². The van der Waals surface area contributed by atoms with Gasteiger partial charge in [-0.2, -0.15) is 5.10 Å². The number of carbonyl (C=O) groups excluding carboxylic acids is 1. The van der Waals surface area contributed by atoms with Crippen LogP contribution in [0.15, 0.2) is 46.0 Å². The summed E-state index contributed by atoms with van der Waals surface area (Å²) in [5, 5.41) is 11.2. The Morgan fingerprint density at radius 1 is 1.30 bits per heavy atom. The van der Waals surface area contributed by atoms with E-state index in [0.717, 1.165) is 16.9 Å². The molecule has 8 nitrogen and oxygen atoms in total. The summed E-state index contributed by atoms with van der Waals surface area (Å²) in [6.45, 7) is 0.265. The highest BCUT2D eigenvalue weighted by molar-refractivity contribution is 7.94. The van der Waals surface area contributed by atoms with Crippen molar-refractivity contribution in [3.05, 3.63) is 57.9 Å². The molecule has 2 aromatic heterocycles. The third-order valence-electron chi connectivity index (χ3n) is 3.75. The Hall–Kier alpha value is -2.50. The molecule has 0 atom stereocenters. The molecule has 11 heteroatoms. The van der Waals surface area contributed by atoms with Gasteiger partial charge in [0.2, 0.25) is 5.91 Å². The van der Waals surface area contributed by atoms with Crippen molar-refractivity contribution in [2.24, 2.45) is 7.05 Å². The number of hydrogen-bond acceptors (Lipinski definition) is 6. The second-order valence-electron chi connectivity index (χ2n) is 5.69. The minimum Gasteiger partial charge on any atom is -0.349 e. The zero-order valence-corrected chi connectivity index (χ0v) is 16.7. The van der Waals surface area contributed by atoms with E-state index < -0.39 is 10.0 Å². The SMILES string of the molecule is Cn1c(CNC(=O)Cc2ccc(NS(=O)(=O)c3cccs3)cc2)n[nH]c1=S. The van der Waals surface area contributed by atoms with E-state index in [4.69, 9.17) is 12.2 Å². The molecule has 3 N–H and O–H groups in total. The minimum atomic E-state index is -3.58. The quantitative estimate of drug-likeness (QED) is 0.505. The van der Waals surface area contributed by atoms with Gasteiger partial charge in [-0.05, 0) is 41.4 Å². The van der Waals surface area contributed by atoms with Crippen molar-refractivity contribution in [3.63, 3.8) is 0 Å². The molecule has 0 radical (unpaired) electrons. The number of aromatic nitrogens is 3.